The summed E-state index contributed by atoms with van der Waals surface area (Å²) in [5.74, 6) is 1.36. The van der Waals surface area contributed by atoms with Gasteiger partial charge in [-0.2, -0.15) is 0 Å². The highest BCUT2D eigenvalue weighted by atomic mass is 35.5. The molecule has 6 heteroatoms. The maximum atomic E-state index is 11.4. The van der Waals surface area contributed by atoms with Gasteiger partial charge in [-0.3, -0.25) is 4.79 Å². The Balaban J connectivity index is 2.54. The average molecular weight is 307 g/mol. The number of ketones is 1. The van der Waals surface area contributed by atoms with Crippen molar-refractivity contribution in [2.45, 2.75) is 13.8 Å². The summed E-state index contributed by atoms with van der Waals surface area (Å²) in [5, 5.41) is 0.406. The molecule has 0 saturated carbocycles. The van der Waals surface area contributed by atoms with E-state index in [4.69, 9.17) is 21.1 Å². The second kappa shape index (κ2) is 6.10. The van der Waals surface area contributed by atoms with Crippen LogP contribution in [0.2, 0.25) is 5.02 Å². The lowest BCUT2D eigenvalue weighted by Gasteiger charge is -2.11. The Morgan fingerprint density at radius 3 is 2.48 bits per heavy atom. The minimum Gasteiger partial charge on any atom is -0.493 e. The Bertz CT molecular complexity index is 702. The third kappa shape index (κ3) is 2.97. The van der Waals surface area contributed by atoms with E-state index >= 15 is 0 Å². The molecule has 0 fully saturated rings. The molecule has 1 aromatic carbocycles. The SMILES string of the molecule is COc1cc(-c2ncc(C(C)=O)c(C)n2)cc(Cl)c1OC. The van der Waals surface area contributed by atoms with Crippen LogP contribution in [0.1, 0.15) is 23.0 Å². The first-order valence-electron chi connectivity index (χ1n) is 6.24. The number of hydrogen-bond acceptors (Lipinski definition) is 5. The van der Waals surface area contributed by atoms with E-state index in [1.807, 2.05) is 0 Å². The highest BCUT2D eigenvalue weighted by molar-refractivity contribution is 6.32. The number of ether oxygens (including phenoxy) is 2. The van der Waals surface area contributed by atoms with Gasteiger partial charge in [-0.1, -0.05) is 11.6 Å². The zero-order valence-corrected chi connectivity index (χ0v) is 13.0. The molecule has 1 aromatic heterocycles. The summed E-state index contributed by atoms with van der Waals surface area (Å²) in [5.41, 5.74) is 1.82. The number of benzene rings is 1. The van der Waals surface area contributed by atoms with E-state index in [0.29, 0.717) is 39.2 Å². The first-order chi connectivity index (χ1) is 9.97. The predicted molar refractivity (Wildman–Crippen MR) is 80.3 cm³/mol. The van der Waals surface area contributed by atoms with E-state index in [1.54, 1.807) is 19.1 Å². The van der Waals surface area contributed by atoms with Crippen molar-refractivity contribution in [2.75, 3.05) is 14.2 Å². The standard InChI is InChI=1S/C15H15ClN2O3/c1-8-11(9(2)19)7-17-15(18-8)10-5-12(16)14(21-4)13(6-10)20-3/h5-7H,1-4H3. The number of aromatic nitrogens is 2. The molecule has 0 aliphatic heterocycles. The third-order valence-corrected chi connectivity index (χ3v) is 3.33. The monoisotopic (exact) mass is 306 g/mol. The number of Topliss-reactive ketones (excluding diaryl/α,β-unsaturated/α-hetero) is 1. The maximum Gasteiger partial charge on any atom is 0.179 e. The fraction of sp³-hybridized carbons (Fsp3) is 0.267. The summed E-state index contributed by atoms with van der Waals surface area (Å²) in [6, 6.07) is 3.44. The number of aryl methyl sites for hydroxylation is 1. The Morgan fingerprint density at radius 2 is 1.95 bits per heavy atom. The van der Waals surface area contributed by atoms with Crippen molar-refractivity contribution in [3.63, 3.8) is 0 Å². The molecule has 0 aliphatic rings. The molecule has 21 heavy (non-hydrogen) atoms. The number of halogens is 1. The van der Waals surface area contributed by atoms with Crippen LogP contribution in [-0.2, 0) is 0 Å². The van der Waals surface area contributed by atoms with Crippen LogP contribution in [0.3, 0.4) is 0 Å². The van der Waals surface area contributed by atoms with Crippen molar-refractivity contribution in [1.82, 2.24) is 9.97 Å². The van der Waals surface area contributed by atoms with Gasteiger partial charge in [0.05, 0.1) is 30.5 Å². The van der Waals surface area contributed by atoms with Crippen molar-refractivity contribution >= 4 is 17.4 Å². The molecule has 2 rings (SSSR count). The van der Waals surface area contributed by atoms with Gasteiger partial charge in [0, 0.05) is 11.8 Å². The minimum atomic E-state index is -0.0654. The molecule has 0 saturated heterocycles. The molecule has 0 unspecified atom stereocenters. The highest BCUT2D eigenvalue weighted by Crippen LogP contribution is 2.38. The van der Waals surface area contributed by atoms with Crippen LogP contribution < -0.4 is 9.47 Å². The second-order valence-electron chi connectivity index (χ2n) is 4.44. The zero-order chi connectivity index (χ0) is 15.6. The summed E-state index contributed by atoms with van der Waals surface area (Å²) in [7, 11) is 3.05. The van der Waals surface area contributed by atoms with Crippen molar-refractivity contribution in [2.24, 2.45) is 0 Å². The maximum absolute atomic E-state index is 11.4. The van der Waals surface area contributed by atoms with Gasteiger partial charge in [-0.05, 0) is 26.0 Å². The summed E-state index contributed by atoms with van der Waals surface area (Å²) >= 11 is 6.17. The predicted octanol–water partition coefficient (Wildman–Crippen LogP) is 3.33. The molecule has 0 radical (unpaired) electrons. The molecule has 110 valence electrons. The number of carbonyl (C=O) groups is 1. The number of methoxy groups -OCH3 is 2. The third-order valence-electron chi connectivity index (χ3n) is 3.05. The molecular formula is C15H15ClN2O3. The molecule has 2 aromatic rings. The smallest absolute Gasteiger partial charge is 0.179 e. The quantitative estimate of drug-likeness (QED) is 0.811. The minimum absolute atomic E-state index is 0.0654. The van der Waals surface area contributed by atoms with Gasteiger partial charge in [0.1, 0.15) is 0 Å². The molecule has 0 amide bonds. The van der Waals surface area contributed by atoms with E-state index < -0.39 is 0 Å². The average Bonchev–Trinajstić information content (AvgIpc) is 2.45. The van der Waals surface area contributed by atoms with Crippen molar-refractivity contribution in [1.29, 1.82) is 0 Å². The van der Waals surface area contributed by atoms with Crippen LogP contribution in [-0.4, -0.2) is 30.0 Å². The Kier molecular flexibility index (Phi) is 4.43. The summed E-state index contributed by atoms with van der Waals surface area (Å²) in [6.07, 6.45) is 1.52. The highest BCUT2D eigenvalue weighted by Gasteiger charge is 2.15. The Morgan fingerprint density at radius 1 is 1.24 bits per heavy atom. The summed E-state index contributed by atoms with van der Waals surface area (Å²) in [4.78, 5) is 20.0. The first-order valence-corrected chi connectivity index (χ1v) is 6.62. The van der Waals surface area contributed by atoms with Gasteiger partial charge in [0.25, 0.3) is 0 Å². The van der Waals surface area contributed by atoms with Gasteiger partial charge in [0.2, 0.25) is 0 Å². The van der Waals surface area contributed by atoms with E-state index in [0.717, 1.165) is 0 Å². The number of carbonyl (C=O) groups excluding carboxylic acids is 1. The summed E-state index contributed by atoms with van der Waals surface area (Å²) in [6.45, 7) is 3.25. The summed E-state index contributed by atoms with van der Waals surface area (Å²) < 4.78 is 10.4. The molecule has 0 bridgehead atoms. The lowest BCUT2D eigenvalue weighted by molar-refractivity contribution is 0.101. The fourth-order valence-electron chi connectivity index (χ4n) is 2.00. The second-order valence-corrected chi connectivity index (χ2v) is 4.85. The van der Waals surface area contributed by atoms with Crippen molar-refractivity contribution in [3.8, 4) is 22.9 Å². The molecule has 0 atom stereocenters. The van der Waals surface area contributed by atoms with Crippen LogP contribution in [0.25, 0.3) is 11.4 Å². The van der Waals surface area contributed by atoms with Gasteiger partial charge >= 0.3 is 0 Å². The van der Waals surface area contributed by atoms with Crippen LogP contribution in [0.15, 0.2) is 18.3 Å². The van der Waals surface area contributed by atoms with Crippen LogP contribution in [0, 0.1) is 6.92 Å². The van der Waals surface area contributed by atoms with Gasteiger partial charge < -0.3 is 9.47 Å². The Labute approximate surface area is 127 Å². The topological polar surface area (TPSA) is 61.3 Å². The molecule has 5 nitrogen and oxygen atoms in total. The van der Waals surface area contributed by atoms with E-state index in [-0.39, 0.29) is 5.78 Å². The lowest BCUT2D eigenvalue weighted by Crippen LogP contribution is -2.02. The fourth-order valence-corrected chi connectivity index (χ4v) is 2.29. The Hall–Kier alpha value is -2.14. The molecule has 1 heterocycles. The van der Waals surface area contributed by atoms with Crippen LogP contribution >= 0.6 is 11.6 Å². The van der Waals surface area contributed by atoms with Crippen LogP contribution in [0.5, 0.6) is 11.5 Å². The zero-order valence-electron chi connectivity index (χ0n) is 12.2. The number of hydrogen-bond donors (Lipinski definition) is 0. The normalized spacial score (nSPS) is 10.3. The largest absolute Gasteiger partial charge is 0.493 e. The van der Waals surface area contributed by atoms with Gasteiger partial charge in [-0.25, -0.2) is 9.97 Å². The van der Waals surface area contributed by atoms with E-state index in [1.165, 1.54) is 27.3 Å². The molecule has 0 N–H and O–H groups in total. The number of nitrogens with zero attached hydrogens (tertiary/aromatic N) is 2. The molecular weight excluding hydrogens is 292 g/mol. The van der Waals surface area contributed by atoms with E-state index in [9.17, 15) is 4.79 Å². The van der Waals surface area contributed by atoms with E-state index in [2.05, 4.69) is 9.97 Å². The van der Waals surface area contributed by atoms with Crippen molar-refractivity contribution in [3.05, 3.63) is 34.6 Å². The van der Waals surface area contributed by atoms with Gasteiger partial charge in [0.15, 0.2) is 23.1 Å². The molecule has 0 spiro atoms. The lowest BCUT2D eigenvalue weighted by atomic mass is 10.1. The van der Waals surface area contributed by atoms with Gasteiger partial charge in [-0.15, -0.1) is 0 Å². The first kappa shape index (κ1) is 15.3. The van der Waals surface area contributed by atoms with Crippen LogP contribution in [0.4, 0.5) is 0 Å². The van der Waals surface area contributed by atoms with Crippen molar-refractivity contribution < 1.29 is 14.3 Å². The number of rotatable bonds is 4. The molecule has 0 aliphatic carbocycles.